The Morgan fingerprint density at radius 3 is 2.55 bits per heavy atom. The summed E-state index contributed by atoms with van der Waals surface area (Å²) in [5, 5.41) is 2.92. The third-order valence-electron chi connectivity index (χ3n) is 3.29. The molecule has 0 aliphatic rings. The fourth-order valence-corrected chi connectivity index (χ4v) is 2.04. The number of para-hydroxylation sites is 1. The maximum atomic E-state index is 12.0. The summed E-state index contributed by atoms with van der Waals surface area (Å²) in [6.07, 6.45) is 2.86. The quantitative estimate of drug-likeness (QED) is 0.732. The molecule has 3 nitrogen and oxygen atoms in total. The fraction of sp³-hybridized carbons (Fsp3) is 0.588. The van der Waals surface area contributed by atoms with Crippen molar-refractivity contribution in [3.05, 3.63) is 29.8 Å². The minimum Gasteiger partial charge on any atom is -0.481 e. The van der Waals surface area contributed by atoms with Crippen LogP contribution in [0.5, 0.6) is 5.75 Å². The lowest BCUT2D eigenvalue weighted by molar-refractivity contribution is -0.127. The molecule has 0 fully saturated rings. The Hall–Kier alpha value is -1.51. The largest absolute Gasteiger partial charge is 0.481 e. The Balaban J connectivity index is 2.53. The molecule has 0 heterocycles. The average Bonchev–Trinajstić information content (AvgIpc) is 2.43. The van der Waals surface area contributed by atoms with Gasteiger partial charge in [-0.15, -0.1) is 0 Å². The Labute approximate surface area is 122 Å². The number of hydrogen-bond donors (Lipinski definition) is 1. The van der Waals surface area contributed by atoms with E-state index in [1.165, 1.54) is 0 Å². The van der Waals surface area contributed by atoms with Crippen molar-refractivity contribution in [2.45, 2.75) is 59.0 Å². The van der Waals surface area contributed by atoms with Crippen LogP contribution in [0.4, 0.5) is 0 Å². The lowest BCUT2D eigenvalue weighted by Crippen LogP contribution is -2.37. The van der Waals surface area contributed by atoms with E-state index in [1.54, 1.807) is 6.92 Å². The summed E-state index contributed by atoms with van der Waals surface area (Å²) in [6.45, 7) is 8.92. The normalized spacial score (nSPS) is 12.2. The van der Waals surface area contributed by atoms with Gasteiger partial charge in [0.15, 0.2) is 6.10 Å². The Morgan fingerprint density at radius 1 is 1.20 bits per heavy atom. The lowest BCUT2D eigenvalue weighted by Gasteiger charge is -2.18. The number of unbranched alkanes of at least 4 members (excludes halogenated alkanes) is 2. The summed E-state index contributed by atoms with van der Waals surface area (Å²) in [6, 6.07) is 7.91. The third-order valence-corrected chi connectivity index (χ3v) is 3.29. The van der Waals surface area contributed by atoms with Crippen LogP contribution in [0.3, 0.4) is 0 Å². The van der Waals surface area contributed by atoms with Crippen molar-refractivity contribution in [1.29, 1.82) is 0 Å². The van der Waals surface area contributed by atoms with Crippen molar-refractivity contribution in [3.63, 3.8) is 0 Å². The zero-order chi connectivity index (χ0) is 15.0. The highest BCUT2D eigenvalue weighted by molar-refractivity contribution is 5.80. The van der Waals surface area contributed by atoms with Gasteiger partial charge >= 0.3 is 0 Å². The van der Waals surface area contributed by atoms with Gasteiger partial charge in [0.1, 0.15) is 5.75 Å². The highest BCUT2D eigenvalue weighted by Crippen LogP contribution is 2.26. The molecule has 20 heavy (non-hydrogen) atoms. The van der Waals surface area contributed by atoms with E-state index in [1.807, 2.05) is 24.3 Å². The van der Waals surface area contributed by atoms with Crippen molar-refractivity contribution in [2.75, 3.05) is 6.54 Å². The molecule has 0 aromatic heterocycles. The summed E-state index contributed by atoms with van der Waals surface area (Å²) in [7, 11) is 0. The first-order valence-corrected chi connectivity index (χ1v) is 7.59. The predicted molar refractivity (Wildman–Crippen MR) is 83.2 cm³/mol. The number of carbonyl (C=O) groups is 1. The number of nitrogens with one attached hydrogen (secondary N) is 1. The Morgan fingerprint density at radius 2 is 1.90 bits per heavy atom. The van der Waals surface area contributed by atoms with E-state index in [-0.39, 0.29) is 5.91 Å². The number of hydrogen-bond acceptors (Lipinski definition) is 2. The molecule has 1 N–H and O–H groups in total. The highest BCUT2D eigenvalue weighted by Gasteiger charge is 2.16. The molecule has 1 rings (SSSR count). The Kier molecular flexibility index (Phi) is 7.13. The second-order valence-corrected chi connectivity index (χ2v) is 5.45. The van der Waals surface area contributed by atoms with E-state index in [9.17, 15) is 4.79 Å². The minimum absolute atomic E-state index is 0.0420. The molecule has 112 valence electrons. The standard InChI is InChI=1S/C17H27NO2/c1-5-6-9-12-18-17(19)14(4)20-16-11-8-7-10-15(16)13(2)3/h7-8,10-11,13-14H,5-6,9,12H2,1-4H3,(H,18,19)/t14-/m1/s1. The first-order valence-electron chi connectivity index (χ1n) is 7.59. The molecule has 1 aromatic rings. The van der Waals surface area contributed by atoms with E-state index >= 15 is 0 Å². The van der Waals surface area contributed by atoms with Gasteiger partial charge in [0, 0.05) is 6.54 Å². The summed E-state index contributed by atoms with van der Waals surface area (Å²) in [5.41, 5.74) is 1.14. The van der Waals surface area contributed by atoms with Crippen LogP contribution in [0.2, 0.25) is 0 Å². The van der Waals surface area contributed by atoms with Crippen molar-refractivity contribution in [3.8, 4) is 5.75 Å². The number of rotatable bonds is 8. The summed E-state index contributed by atoms with van der Waals surface area (Å²) in [5.74, 6) is 1.14. The van der Waals surface area contributed by atoms with E-state index < -0.39 is 6.10 Å². The molecule has 1 atom stereocenters. The van der Waals surface area contributed by atoms with Gasteiger partial charge in [-0.05, 0) is 30.9 Å². The molecule has 0 unspecified atom stereocenters. The van der Waals surface area contributed by atoms with Crippen LogP contribution < -0.4 is 10.1 Å². The van der Waals surface area contributed by atoms with Crippen LogP contribution in [-0.2, 0) is 4.79 Å². The molecule has 0 saturated heterocycles. The fourth-order valence-electron chi connectivity index (χ4n) is 2.04. The van der Waals surface area contributed by atoms with Gasteiger partial charge in [-0.1, -0.05) is 51.8 Å². The molecule has 0 spiro atoms. The smallest absolute Gasteiger partial charge is 0.260 e. The predicted octanol–water partition coefficient (Wildman–Crippen LogP) is 3.88. The number of carbonyl (C=O) groups excluding carboxylic acids is 1. The summed E-state index contributed by atoms with van der Waals surface area (Å²) in [4.78, 5) is 12.0. The van der Waals surface area contributed by atoms with Gasteiger partial charge in [0.2, 0.25) is 0 Å². The molecule has 0 saturated carbocycles. The van der Waals surface area contributed by atoms with Crippen molar-refractivity contribution in [1.82, 2.24) is 5.32 Å². The third kappa shape index (κ3) is 5.24. The van der Waals surface area contributed by atoms with Crippen LogP contribution in [0, 0.1) is 0 Å². The maximum absolute atomic E-state index is 12.0. The second-order valence-electron chi connectivity index (χ2n) is 5.45. The van der Waals surface area contributed by atoms with Crippen LogP contribution in [0.25, 0.3) is 0 Å². The van der Waals surface area contributed by atoms with Crippen LogP contribution in [-0.4, -0.2) is 18.6 Å². The molecule has 1 amide bonds. The van der Waals surface area contributed by atoms with Gasteiger partial charge in [0.25, 0.3) is 5.91 Å². The highest BCUT2D eigenvalue weighted by atomic mass is 16.5. The number of benzene rings is 1. The van der Waals surface area contributed by atoms with E-state index in [0.29, 0.717) is 5.92 Å². The maximum Gasteiger partial charge on any atom is 0.260 e. The van der Waals surface area contributed by atoms with Crippen LogP contribution in [0.15, 0.2) is 24.3 Å². The average molecular weight is 277 g/mol. The van der Waals surface area contributed by atoms with Gasteiger partial charge < -0.3 is 10.1 Å². The zero-order valence-corrected chi connectivity index (χ0v) is 13.1. The lowest BCUT2D eigenvalue weighted by atomic mass is 10.0. The number of ether oxygens (including phenoxy) is 1. The minimum atomic E-state index is -0.462. The Bertz CT molecular complexity index is 415. The van der Waals surface area contributed by atoms with Crippen molar-refractivity contribution < 1.29 is 9.53 Å². The molecule has 3 heteroatoms. The summed E-state index contributed by atoms with van der Waals surface area (Å²) >= 11 is 0. The molecule has 0 aliphatic heterocycles. The SMILES string of the molecule is CCCCCNC(=O)[C@@H](C)Oc1ccccc1C(C)C. The van der Waals surface area contributed by atoms with Gasteiger partial charge in [-0.2, -0.15) is 0 Å². The van der Waals surface area contributed by atoms with Crippen LogP contribution >= 0.6 is 0 Å². The van der Waals surface area contributed by atoms with E-state index in [4.69, 9.17) is 4.74 Å². The van der Waals surface area contributed by atoms with Crippen molar-refractivity contribution in [2.24, 2.45) is 0 Å². The van der Waals surface area contributed by atoms with Crippen molar-refractivity contribution >= 4 is 5.91 Å². The topological polar surface area (TPSA) is 38.3 Å². The zero-order valence-electron chi connectivity index (χ0n) is 13.1. The first-order chi connectivity index (χ1) is 9.56. The first kappa shape index (κ1) is 16.5. The molecule has 0 bridgehead atoms. The molecule has 0 radical (unpaired) electrons. The summed E-state index contributed by atoms with van der Waals surface area (Å²) < 4.78 is 5.81. The monoisotopic (exact) mass is 277 g/mol. The second kappa shape index (κ2) is 8.62. The molecular weight excluding hydrogens is 250 g/mol. The molecule has 1 aromatic carbocycles. The van der Waals surface area contributed by atoms with E-state index in [2.05, 4.69) is 26.1 Å². The molecule has 0 aliphatic carbocycles. The number of amides is 1. The van der Waals surface area contributed by atoms with E-state index in [0.717, 1.165) is 37.1 Å². The van der Waals surface area contributed by atoms with Gasteiger partial charge in [0.05, 0.1) is 0 Å². The van der Waals surface area contributed by atoms with Gasteiger partial charge in [-0.25, -0.2) is 0 Å². The molecular formula is C17H27NO2. The van der Waals surface area contributed by atoms with Crippen LogP contribution in [0.1, 0.15) is 58.4 Å². The van der Waals surface area contributed by atoms with Gasteiger partial charge in [-0.3, -0.25) is 4.79 Å².